The molecule has 0 saturated heterocycles. The number of aliphatic carboxylic acids is 1. The van der Waals surface area contributed by atoms with Crippen molar-refractivity contribution in [2.45, 2.75) is 38.8 Å². The normalized spacial score (nSPS) is 12.6. The minimum Gasteiger partial charge on any atom is -0.480 e. The molecule has 0 aliphatic rings. The summed E-state index contributed by atoms with van der Waals surface area (Å²) in [5, 5.41) is 11.3. The van der Waals surface area contributed by atoms with E-state index in [1.807, 2.05) is 0 Å². The van der Waals surface area contributed by atoms with Gasteiger partial charge in [-0.3, -0.25) is 4.98 Å². The van der Waals surface area contributed by atoms with Gasteiger partial charge in [0.15, 0.2) is 0 Å². The molecule has 1 unspecified atom stereocenters. The minimum absolute atomic E-state index is 0.0607. The molecule has 0 saturated carbocycles. The standard InChI is InChI=1S/C13H17FN2O4/c1-13(2,3)20-12(19)16-10(11(17)18)6-9-5-4-8(14)7-15-9/h4-5,7,10H,6H2,1-3H3,(H,16,19)(H,17,18). The molecule has 0 aromatic carbocycles. The fourth-order valence-electron chi connectivity index (χ4n) is 1.39. The number of hydrogen-bond donors (Lipinski definition) is 2. The van der Waals surface area contributed by atoms with Crippen molar-refractivity contribution in [2.24, 2.45) is 0 Å². The first-order valence-corrected chi connectivity index (χ1v) is 6.00. The van der Waals surface area contributed by atoms with Gasteiger partial charge in [0, 0.05) is 12.1 Å². The van der Waals surface area contributed by atoms with Crippen LogP contribution in [0.4, 0.5) is 9.18 Å². The van der Waals surface area contributed by atoms with Crippen LogP contribution in [-0.4, -0.2) is 33.8 Å². The van der Waals surface area contributed by atoms with E-state index in [-0.39, 0.29) is 6.42 Å². The minimum atomic E-state index is -1.22. The first-order chi connectivity index (χ1) is 9.17. The zero-order chi connectivity index (χ0) is 15.3. The van der Waals surface area contributed by atoms with Crippen LogP contribution in [0.15, 0.2) is 18.3 Å². The van der Waals surface area contributed by atoms with Crippen molar-refractivity contribution in [3.05, 3.63) is 29.8 Å². The number of amides is 1. The quantitative estimate of drug-likeness (QED) is 0.879. The number of nitrogens with one attached hydrogen (secondary N) is 1. The van der Waals surface area contributed by atoms with Crippen LogP contribution < -0.4 is 5.32 Å². The third kappa shape index (κ3) is 5.64. The van der Waals surface area contributed by atoms with E-state index in [2.05, 4.69) is 10.3 Å². The number of nitrogens with zero attached hydrogens (tertiary/aromatic N) is 1. The average Bonchev–Trinajstić information content (AvgIpc) is 2.28. The number of ether oxygens (including phenoxy) is 1. The highest BCUT2D eigenvalue weighted by molar-refractivity contribution is 5.80. The predicted molar refractivity (Wildman–Crippen MR) is 68.7 cm³/mol. The second-order valence-corrected chi connectivity index (χ2v) is 5.21. The van der Waals surface area contributed by atoms with Gasteiger partial charge in [0.25, 0.3) is 0 Å². The molecule has 2 N–H and O–H groups in total. The average molecular weight is 284 g/mol. The molecule has 0 radical (unpaired) electrons. The summed E-state index contributed by atoms with van der Waals surface area (Å²) < 4.78 is 17.7. The van der Waals surface area contributed by atoms with Crippen molar-refractivity contribution in [3.8, 4) is 0 Å². The monoisotopic (exact) mass is 284 g/mol. The number of halogens is 1. The summed E-state index contributed by atoms with van der Waals surface area (Å²) in [6.45, 7) is 5.01. The molecule has 0 spiro atoms. The summed E-state index contributed by atoms with van der Waals surface area (Å²) in [7, 11) is 0. The number of pyridine rings is 1. The Morgan fingerprint density at radius 3 is 2.55 bits per heavy atom. The number of alkyl carbamates (subject to hydrolysis) is 1. The van der Waals surface area contributed by atoms with Gasteiger partial charge in [-0.25, -0.2) is 14.0 Å². The molecule has 1 rings (SSSR count). The Morgan fingerprint density at radius 1 is 1.45 bits per heavy atom. The smallest absolute Gasteiger partial charge is 0.408 e. The maximum atomic E-state index is 12.7. The highest BCUT2D eigenvalue weighted by Gasteiger charge is 2.24. The van der Waals surface area contributed by atoms with Crippen molar-refractivity contribution in [1.29, 1.82) is 0 Å². The molecule has 0 aliphatic carbocycles. The van der Waals surface area contributed by atoms with Gasteiger partial charge < -0.3 is 15.2 Å². The molecule has 0 aliphatic heterocycles. The van der Waals surface area contributed by atoms with Crippen LogP contribution in [0.2, 0.25) is 0 Å². The third-order valence-electron chi connectivity index (χ3n) is 2.19. The van der Waals surface area contributed by atoms with Crippen LogP contribution in [-0.2, 0) is 16.0 Å². The maximum absolute atomic E-state index is 12.7. The van der Waals surface area contributed by atoms with E-state index in [0.29, 0.717) is 5.69 Å². The zero-order valence-electron chi connectivity index (χ0n) is 11.5. The van der Waals surface area contributed by atoms with Gasteiger partial charge in [-0.1, -0.05) is 0 Å². The topological polar surface area (TPSA) is 88.5 Å². The first kappa shape index (κ1) is 15.9. The van der Waals surface area contributed by atoms with Crippen molar-refractivity contribution >= 4 is 12.1 Å². The van der Waals surface area contributed by atoms with Crippen molar-refractivity contribution in [3.63, 3.8) is 0 Å². The number of carbonyl (C=O) groups is 2. The number of hydrogen-bond acceptors (Lipinski definition) is 4. The summed E-state index contributed by atoms with van der Waals surface area (Å²) in [4.78, 5) is 26.4. The maximum Gasteiger partial charge on any atom is 0.408 e. The molecule has 7 heteroatoms. The molecular formula is C13H17FN2O4. The van der Waals surface area contributed by atoms with Crippen LogP contribution in [0.1, 0.15) is 26.5 Å². The summed E-state index contributed by atoms with van der Waals surface area (Å²) in [6.07, 6.45) is 0.100. The van der Waals surface area contributed by atoms with Crippen molar-refractivity contribution in [2.75, 3.05) is 0 Å². The molecule has 0 bridgehead atoms. The Hall–Kier alpha value is -2.18. The molecule has 1 aromatic rings. The fraction of sp³-hybridized carbons (Fsp3) is 0.462. The van der Waals surface area contributed by atoms with E-state index >= 15 is 0 Å². The lowest BCUT2D eigenvalue weighted by Crippen LogP contribution is -2.44. The van der Waals surface area contributed by atoms with Crippen LogP contribution in [0.25, 0.3) is 0 Å². The number of rotatable bonds is 4. The van der Waals surface area contributed by atoms with Gasteiger partial charge in [-0.2, -0.15) is 0 Å². The number of aromatic nitrogens is 1. The van der Waals surface area contributed by atoms with E-state index < -0.39 is 29.5 Å². The van der Waals surface area contributed by atoms with Gasteiger partial charge in [-0.05, 0) is 32.9 Å². The van der Waals surface area contributed by atoms with E-state index in [9.17, 15) is 14.0 Å². The van der Waals surface area contributed by atoms with Gasteiger partial charge in [-0.15, -0.1) is 0 Å². The summed E-state index contributed by atoms with van der Waals surface area (Å²) in [5.41, 5.74) is -0.365. The largest absolute Gasteiger partial charge is 0.480 e. The Bertz CT molecular complexity index is 482. The fourth-order valence-corrected chi connectivity index (χ4v) is 1.39. The molecule has 6 nitrogen and oxygen atoms in total. The van der Waals surface area contributed by atoms with Gasteiger partial charge in [0.05, 0.1) is 6.20 Å². The first-order valence-electron chi connectivity index (χ1n) is 6.00. The second-order valence-electron chi connectivity index (χ2n) is 5.21. The van der Waals surface area contributed by atoms with E-state index in [1.165, 1.54) is 12.1 Å². The number of carbonyl (C=O) groups excluding carboxylic acids is 1. The Kier molecular flexibility index (Phi) is 5.01. The van der Waals surface area contributed by atoms with Gasteiger partial charge in [0.1, 0.15) is 17.5 Å². The molecule has 1 aromatic heterocycles. The van der Waals surface area contributed by atoms with Crippen LogP contribution >= 0.6 is 0 Å². The predicted octanol–water partition coefficient (Wildman–Crippen LogP) is 1.74. The van der Waals surface area contributed by atoms with Crippen molar-refractivity contribution in [1.82, 2.24) is 10.3 Å². The van der Waals surface area contributed by atoms with Crippen molar-refractivity contribution < 1.29 is 23.8 Å². The van der Waals surface area contributed by atoms with E-state index in [1.54, 1.807) is 20.8 Å². The third-order valence-corrected chi connectivity index (χ3v) is 2.19. The lowest BCUT2D eigenvalue weighted by molar-refractivity contribution is -0.139. The molecule has 1 amide bonds. The van der Waals surface area contributed by atoms with Crippen LogP contribution in [0.3, 0.4) is 0 Å². The molecule has 1 heterocycles. The SMILES string of the molecule is CC(C)(C)OC(=O)NC(Cc1ccc(F)cn1)C(=O)O. The van der Waals surface area contributed by atoms with Crippen LogP contribution in [0, 0.1) is 5.82 Å². The zero-order valence-corrected chi connectivity index (χ0v) is 11.5. The van der Waals surface area contributed by atoms with E-state index in [4.69, 9.17) is 9.84 Å². The second kappa shape index (κ2) is 6.31. The Balaban J connectivity index is 2.68. The lowest BCUT2D eigenvalue weighted by Gasteiger charge is -2.21. The van der Waals surface area contributed by atoms with Gasteiger partial charge in [0.2, 0.25) is 0 Å². The number of carboxylic acid groups (broad SMARTS) is 1. The number of carboxylic acids is 1. The van der Waals surface area contributed by atoms with E-state index in [0.717, 1.165) is 6.20 Å². The van der Waals surface area contributed by atoms with Gasteiger partial charge >= 0.3 is 12.1 Å². The molecule has 20 heavy (non-hydrogen) atoms. The highest BCUT2D eigenvalue weighted by atomic mass is 19.1. The molecule has 110 valence electrons. The molecule has 0 fully saturated rings. The molecule has 1 atom stereocenters. The summed E-state index contributed by atoms with van der Waals surface area (Å²) in [5.74, 6) is -1.73. The lowest BCUT2D eigenvalue weighted by atomic mass is 10.1. The van der Waals surface area contributed by atoms with Crippen LogP contribution in [0.5, 0.6) is 0 Å². The molecular weight excluding hydrogens is 267 g/mol. The summed E-state index contributed by atoms with van der Waals surface area (Å²) >= 11 is 0. The Morgan fingerprint density at radius 2 is 2.10 bits per heavy atom. The highest BCUT2D eigenvalue weighted by Crippen LogP contribution is 2.08. The summed E-state index contributed by atoms with van der Waals surface area (Å²) in [6, 6.07) is 1.35. The Labute approximate surface area is 116 Å².